The molecule has 0 bridgehead atoms. The lowest BCUT2D eigenvalue weighted by Crippen LogP contribution is -2.28. The Labute approximate surface area is 205 Å². The van der Waals surface area contributed by atoms with Gasteiger partial charge in [-0.25, -0.2) is 23.1 Å². The monoisotopic (exact) mass is 496 g/mol. The van der Waals surface area contributed by atoms with Gasteiger partial charge in [0.25, 0.3) is 0 Å². The third kappa shape index (κ3) is 5.24. The predicted octanol–water partition coefficient (Wildman–Crippen LogP) is 7.13. The van der Waals surface area contributed by atoms with Gasteiger partial charge in [-0.05, 0) is 60.3 Å². The number of nitrogens with one attached hydrogen (secondary N) is 2. The van der Waals surface area contributed by atoms with Gasteiger partial charge in [-0.3, -0.25) is 10.1 Å². The highest BCUT2D eigenvalue weighted by Gasteiger charge is 2.22. The molecular formula is C26H23F3N4OS. The van der Waals surface area contributed by atoms with Crippen molar-refractivity contribution in [2.24, 2.45) is 5.41 Å². The van der Waals surface area contributed by atoms with Crippen LogP contribution in [-0.4, -0.2) is 15.9 Å². The van der Waals surface area contributed by atoms with Gasteiger partial charge in [-0.2, -0.15) is 0 Å². The maximum absolute atomic E-state index is 15.3. The van der Waals surface area contributed by atoms with Crippen molar-refractivity contribution >= 4 is 40.4 Å². The van der Waals surface area contributed by atoms with Crippen LogP contribution in [0.2, 0.25) is 0 Å². The first-order chi connectivity index (χ1) is 16.5. The first-order valence-electron chi connectivity index (χ1n) is 10.8. The van der Waals surface area contributed by atoms with Crippen molar-refractivity contribution in [3.63, 3.8) is 0 Å². The number of halogens is 3. The lowest BCUT2D eigenvalue weighted by atomic mass is 9.96. The number of carbonyl (C=O) groups excluding carboxylic acids is 1. The average molecular weight is 497 g/mol. The van der Waals surface area contributed by atoms with E-state index in [2.05, 4.69) is 20.0 Å². The summed E-state index contributed by atoms with van der Waals surface area (Å²) in [7, 11) is 0. The molecule has 35 heavy (non-hydrogen) atoms. The molecular weight excluding hydrogens is 473 g/mol. The Morgan fingerprint density at radius 1 is 1.00 bits per heavy atom. The molecule has 1 aromatic heterocycles. The second-order valence-electron chi connectivity index (χ2n) is 9.05. The fourth-order valence-corrected chi connectivity index (χ4v) is 4.02. The van der Waals surface area contributed by atoms with E-state index >= 15 is 4.39 Å². The molecule has 0 saturated carbocycles. The van der Waals surface area contributed by atoms with Gasteiger partial charge in [0.05, 0.1) is 21.7 Å². The minimum Gasteiger partial charge on any atom is -0.323 e. The lowest BCUT2D eigenvalue weighted by Gasteiger charge is -2.16. The molecule has 9 heteroatoms. The third-order valence-corrected chi connectivity index (χ3v) is 6.15. The Balaban J connectivity index is 1.63. The second-order valence-corrected chi connectivity index (χ2v) is 9.89. The zero-order chi connectivity index (χ0) is 25.3. The Morgan fingerprint density at radius 3 is 2.51 bits per heavy atom. The molecule has 4 rings (SSSR count). The number of hydrogen-bond acceptors (Lipinski definition) is 5. The maximum Gasteiger partial charge on any atom is 0.232 e. The van der Waals surface area contributed by atoms with Crippen LogP contribution >= 0.6 is 11.9 Å². The van der Waals surface area contributed by atoms with Crippen LogP contribution in [0.1, 0.15) is 26.3 Å². The van der Waals surface area contributed by atoms with Crippen molar-refractivity contribution in [3.05, 3.63) is 77.7 Å². The molecule has 5 nitrogen and oxygen atoms in total. The first kappa shape index (κ1) is 24.5. The van der Waals surface area contributed by atoms with Gasteiger partial charge in [0.15, 0.2) is 5.82 Å². The summed E-state index contributed by atoms with van der Waals surface area (Å²) in [4.78, 5) is 21.0. The molecule has 2 N–H and O–H groups in total. The molecule has 1 amide bonds. The number of benzene rings is 3. The largest absolute Gasteiger partial charge is 0.323 e. The van der Waals surface area contributed by atoms with Gasteiger partial charge in [0.1, 0.15) is 11.6 Å². The highest BCUT2D eigenvalue weighted by atomic mass is 32.2. The number of hydrogen-bond donors (Lipinski definition) is 2. The second kappa shape index (κ2) is 9.58. The summed E-state index contributed by atoms with van der Waals surface area (Å²) >= 11 is 0.907. The van der Waals surface area contributed by atoms with Gasteiger partial charge in [-0.15, -0.1) is 0 Å². The van der Waals surface area contributed by atoms with E-state index in [1.165, 1.54) is 12.3 Å². The molecule has 4 aromatic rings. The van der Waals surface area contributed by atoms with E-state index in [1.807, 2.05) is 0 Å². The molecule has 0 radical (unpaired) electrons. The zero-order valence-corrected chi connectivity index (χ0v) is 20.4. The van der Waals surface area contributed by atoms with E-state index in [0.29, 0.717) is 21.4 Å². The first-order valence-corrected chi connectivity index (χ1v) is 11.6. The SMILES string of the molecule is Cc1cccc(SNc2ccc(F)c(-c3ccc4nc(NC(=O)C(C)(C)C)ncc4c3)c2F)c1F. The van der Waals surface area contributed by atoms with E-state index < -0.39 is 22.9 Å². The van der Waals surface area contributed by atoms with Crippen molar-refractivity contribution < 1.29 is 18.0 Å². The summed E-state index contributed by atoms with van der Waals surface area (Å²) < 4.78 is 47.1. The van der Waals surface area contributed by atoms with Crippen LogP contribution in [-0.2, 0) is 4.79 Å². The molecule has 0 aliphatic carbocycles. The zero-order valence-electron chi connectivity index (χ0n) is 19.5. The normalized spacial score (nSPS) is 11.5. The smallest absolute Gasteiger partial charge is 0.232 e. The Kier molecular flexibility index (Phi) is 6.71. The molecule has 0 unspecified atom stereocenters. The minimum absolute atomic E-state index is 0.0175. The van der Waals surface area contributed by atoms with Gasteiger partial charge in [0, 0.05) is 17.0 Å². The Bertz CT molecular complexity index is 1440. The minimum atomic E-state index is -0.806. The number of aromatic nitrogens is 2. The standard InChI is InChI=1S/C26H23F3N4OS/c1-14-6-5-7-20(22(14)28)35-33-19-11-9-17(27)21(23(19)29)15-8-10-18-16(12-15)13-30-25(31-18)32-24(34)26(2,3)4/h5-13,33H,1-4H3,(H,30,31,32,34). The summed E-state index contributed by atoms with van der Waals surface area (Å²) in [6, 6.07) is 12.1. The van der Waals surface area contributed by atoms with Crippen LogP contribution < -0.4 is 10.0 Å². The molecule has 0 aliphatic heterocycles. The molecule has 3 aromatic carbocycles. The van der Waals surface area contributed by atoms with Crippen molar-refractivity contribution in [2.45, 2.75) is 32.6 Å². The van der Waals surface area contributed by atoms with E-state index in [4.69, 9.17) is 0 Å². The van der Waals surface area contributed by atoms with Gasteiger partial charge >= 0.3 is 0 Å². The third-order valence-electron chi connectivity index (χ3n) is 5.29. The van der Waals surface area contributed by atoms with E-state index in [0.717, 1.165) is 18.0 Å². The number of aryl methyl sites for hydroxylation is 1. The number of rotatable bonds is 5. The Hall–Kier alpha value is -3.59. The van der Waals surface area contributed by atoms with E-state index in [9.17, 15) is 13.6 Å². The molecule has 0 spiro atoms. The summed E-state index contributed by atoms with van der Waals surface area (Å²) in [5.41, 5.74) is 0.443. The molecule has 0 fully saturated rings. The summed E-state index contributed by atoms with van der Waals surface area (Å²) in [6.45, 7) is 6.97. The molecule has 1 heterocycles. The topological polar surface area (TPSA) is 66.9 Å². The van der Waals surface area contributed by atoms with E-state index in [-0.39, 0.29) is 28.7 Å². The van der Waals surface area contributed by atoms with Crippen LogP contribution in [0, 0.1) is 29.8 Å². The van der Waals surface area contributed by atoms with Gasteiger partial charge in [-0.1, -0.05) is 39.0 Å². The summed E-state index contributed by atoms with van der Waals surface area (Å²) in [5.74, 6) is -2.03. The average Bonchev–Trinajstić information content (AvgIpc) is 2.80. The van der Waals surface area contributed by atoms with Crippen molar-refractivity contribution in [1.82, 2.24) is 9.97 Å². The molecule has 0 saturated heterocycles. The number of amides is 1. The quantitative estimate of drug-likeness (QED) is 0.288. The fraction of sp³-hybridized carbons (Fsp3) is 0.192. The Morgan fingerprint density at radius 2 is 1.77 bits per heavy atom. The summed E-state index contributed by atoms with van der Waals surface area (Å²) in [6.07, 6.45) is 1.48. The predicted molar refractivity (Wildman–Crippen MR) is 134 cm³/mol. The number of anilines is 2. The van der Waals surface area contributed by atoms with E-state index in [1.54, 1.807) is 64.1 Å². The van der Waals surface area contributed by atoms with Crippen LogP contribution in [0.3, 0.4) is 0 Å². The van der Waals surface area contributed by atoms with Crippen LogP contribution in [0.5, 0.6) is 0 Å². The fourth-order valence-electron chi connectivity index (χ4n) is 3.24. The van der Waals surface area contributed by atoms with Gasteiger partial charge in [0.2, 0.25) is 11.9 Å². The van der Waals surface area contributed by atoms with Crippen molar-refractivity contribution in [2.75, 3.05) is 10.0 Å². The van der Waals surface area contributed by atoms with Crippen molar-refractivity contribution in [1.29, 1.82) is 0 Å². The number of carbonyl (C=O) groups is 1. The lowest BCUT2D eigenvalue weighted by molar-refractivity contribution is -0.123. The maximum atomic E-state index is 15.3. The van der Waals surface area contributed by atoms with Crippen molar-refractivity contribution in [3.8, 4) is 11.1 Å². The van der Waals surface area contributed by atoms with Crippen LogP contribution in [0.4, 0.5) is 24.8 Å². The van der Waals surface area contributed by atoms with Gasteiger partial charge < -0.3 is 4.72 Å². The summed E-state index contributed by atoms with van der Waals surface area (Å²) in [5, 5.41) is 3.21. The number of fused-ring (bicyclic) bond motifs is 1. The molecule has 0 aliphatic rings. The molecule has 0 atom stereocenters. The molecule has 180 valence electrons. The highest BCUT2D eigenvalue weighted by molar-refractivity contribution is 8.00. The van der Waals surface area contributed by atoms with Crippen LogP contribution in [0.15, 0.2) is 59.6 Å². The van der Waals surface area contributed by atoms with Crippen LogP contribution in [0.25, 0.3) is 22.0 Å². The number of nitrogens with zero attached hydrogens (tertiary/aromatic N) is 2. The highest BCUT2D eigenvalue weighted by Crippen LogP contribution is 2.34.